The molecule has 1 rings (SSSR count). The summed E-state index contributed by atoms with van der Waals surface area (Å²) in [6, 6.07) is 7.68. The lowest BCUT2D eigenvalue weighted by atomic mass is 10.1. The molecular weight excluding hydrogens is 279 g/mol. The standard InChI is InChI=1S/C18H23FN2O/c1-2-3-4-5-6-7-11-21-18(22)16(14-20)12-15-9-8-10-17(19)13-15/h8-10,12-13H,2-7,11H2,1H3,(H,21,22)/b16-12+. The molecule has 0 saturated carbocycles. The summed E-state index contributed by atoms with van der Waals surface area (Å²) in [6.07, 6.45) is 8.26. The zero-order valence-corrected chi connectivity index (χ0v) is 13.1. The van der Waals surface area contributed by atoms with Crippen LogP contribution in [0, 0.1) is 17.1 Å². The van der Waals surface area contributed by atoms with E-state index in [1.165, 1.54) is 43.9 Å². The Hall–Kier alpha value is -2.15. The van der Waals surface area contributed by atoms with Gasteiger partial charge in [-0.05, 0) is 30.2 Å². The van der Waals surface area contributed by atoms with Crippen LogP contribution in [0.3, 0.4) is 0 Å². The number of nitriles is 1. The van der Waals surface area contributed by atoms with E-state index in [9.17, 15) is 9.18 Å². The minimum Gasteiger partial charge on any atom is -0.351 e. The van der Waals surface area contributed by atoms with E-state index in [-0.39, 0.29) is 5.57 Å². The lowest BCUT2D eigenvalue weighted by Gasteiger charge is -2.04. The molecule has 0 fully saturated rings. The van der Waals surface area contributed by atoms with Crippen LogP contribution in [0.4, 0.5) is 4.39 Å². The zero-order valence-electron chi connectivity index (χ0n) is 13.1. The van der Waals surface area contributed by atoms with Crippen LogP contribution in [0.2, 0.25) is 0 Å². The van der Waals surface area contributed by atoms with Crippen molar-refractivity contribution in [2.75, 3.05) is 6.54 Å². The SMILES string of the molecule is CCCCCCCCNC(=O)/C(C#N)=C/c1cccc(F)c1. The van der Waals surface area contributed by atoms with E-state index in [1.54, 1.807) is 12.1 Å². The number of carbonyl (C=O) groups is 1. The monoisotopic (exact) mass is 302 g/mol. The number of amides is 1. The van der Waals surface area contributed by atoms with Crippen LogP contribution < -0.4 is 5.32 Å². The quantitative estimate of drug-likeness (QED) is 0.422. The predicted octanol–water partition coefficient (Wildman–Crippen LogP) is 4.21. The molecule has 1 aromatic carbocycles. The first-order valence-corrected chi connectivity index (χ1v) is 7.83. The largest absolute Gasteiger partial charge is 0.351 e. The normalized spacial score (nSPS) is 11.0. The lowest BCUT2D eigenvalue weighted by molar-refractivity contribution is -0.117. The Balaban J connectivity index is 2.40. The fourth-order valence-electron chi connectivity index (χ4n) is 2.11. The van der Waals surface area contributed by atoms with Crippen LogP contribution in [-0.2, 0) is 4.79 Å². The number of hydrogen-bond acceptors (Lipinski definition) is 2. The van der Waals surface area contributed by atoms with Crippen LogP contribution in [0.25, 0.3) is 6.08 Å². The third-order valence-corrected chi connectivity index (χ3v) is 3.34. The van der Waals surface area contributed by atoms with Crippen LogP contribution >= 0.6 is 0 Å². The smallest absolute Gasteiger partial charge is 0.261 e. The van der Waals surface area contributed by atoms with Gasteiger partial charge in [0.05, 0.1) is 0 Å². The molecule has 0 radical (unpaired) electrons. The van der Waals surface area contributed by atoms with Gasteiger partial charge in [-0.2, -0.15) is 5.26 Å². The van der Waals surface area contributed by atoms with E-state index in [0.29, 0.717) is 12.1 Å². The van der Waals surface area contributed by atoms with Crippen LogP contribution in [-0.4, -0.2) is 12.5 Å². The van der Waals surface area contributed by atoms with Crippen molar-refractivity contribution in [1.82, 2.24) is 5.32 Å². The van der Waals surface area contributed by atoms with Gasteiger partial charge in [-0.3, -0.25) is 4.79 Å². The Labute approximate surface area is 131 Å². The molecule has 0 unspecified atom stereocenters. The first-order chi connectivity index (χ1) is 10.7. The first-order valence-electron chi connectivity index (χ1n) is 7.83. The Morgan fingerprint density at radius 2 is 2.00 bits per heavy atom. The maximum absolute atomic E-state index is 13.1. The van der Waals surface area contributed by atoms with Gasteiger partial charge in [0.25, 0.3) is 5.91 Å². The second-order valence-electron chi connectivity index (χ2n) is 5.25. The van der Waals surface area contributed by atoms with Gasteiger partial charge >= 0.3 is 0 Å². The summed E-state index contributed by atoms with van der Waals surface area (Å²) in [5.74, 6) is -0.793. The van der Waals surface area contributed by atoms with Crippen LogP contribution in [0.15, 0.2) is 29.8 Å². The molecular formula is C18H23FN2O. The van der Waals surface area contributed by atoms with Crippen molar-refractivity contribution in [3.8, 4) is 6.07 Å². The van der Waals surface area contributed by atoms with Crippen molar-refractivity contribution >= 4 is 12.0 Å². The van der Waals surface area contributed by atoms with Crippen molar-refractivity contribution in [3.63, 3.8) is 0 Å². The first kappa shape index (κ1) is 17.9. The molecule has 118 valence electrons. The second kappa shape index (κ2) is 10.6. The van der Waals surface area contributed by atoms with E-state index in [4.69, 9.17) is 5.26 Å². The number of rotatable bonds is 9. The molecule has 4 heteroatoms. The molecule has 0 heterocycles. The summed E-state index contributed by atoms with van der Waals surface area (Å²) in [5.41, 5.74) is 0.503. The maximum atomic E-state index is 13.1. The van der Waals surface area contributed by atoms with E-state index in [0.717, 1.165) is 12.8 Å². The molecule has 0 aromatic heterocycles. The number of nitrogens with one attached hydrogen (secondary N) is 1. The summed E-state index contributed by atoms with van der Waals surface area (Å²) >= 11 is 0. The molecule has 1 aromatic rings. The number of halogens is 1. The zero-order chi connectivity index (χ0) is 16.2. The Kier molecular flexibility index (Phi) is 8.59. The highest BCUT2D eigenvalue weighted by atomic mass is 19.1. The van der Waals surface area contributed by atoms with Crippen LogP contribution in [0.5, 0.6) is 0 Å². The molecule has 3 nitrogen and oxygen atoms in total. The average molecular weight is 302 g/mol. The molecule has 22 heavy (non-hydrogen) atoms. The van der Waals surface area contributed by atoms with Gasteiger partial charge < -0.3 is 5.32 Å². The molecule has 0 atom stereocenters. The fourth-order valence-corrected chi connectivity index (χ4v) is 2.11. The predicted molar refractivity (Wildman–Crippen MR) is 86.4 cm³/mol. The molecule has 0 bridgehead atoms. The Morgan fingerprint density at radius 1 is 1.27 bits per heavy atom. The molecule has 0 aliphatic carbocycles. The van der Waals surface area contributed by atoms with Crippen molar-refractivity contribution in [3.05, 3.63) is 41.2 Å². The molecule has 0 saturated heterocycles. The number of nitrogens with zero attached hydrogens (tertiary/aromatic N) is 1. The highest BCUT2D eigenvalue weighted by Gasteiger charge is 2.08. The molecule has 0 spiro atoms. The topological polar surface area (TPSA) is 52.9 Å². The number of benzene rings is 1. The summed E-state index contributed by atoms with van der Waals surface area (Å²) in [6.45, 7) is 2.74. The minimum absolute atomic E-state index is 0.00316. The van der Waals surface area contributed by atoms with E-state index >= 15 is 0 Å². The van der Waals surface area contributed by atoms with Gasteiger partial charge in [0.2, 0.25) is 0 Å². The Morgan fingerprint density at radius 3 is 2.68 bits per heavy atom. The van der Waals surface area contributed by atoms with Crippen molar-refractivity contribution in [1.29, 1.82) is 5.26 Å². The Bertz CT molecular complexity index is 546. The molecule has 1 amide bonds. The lowest BCUT2D eigenvalue weighted by Crippen LogP contribution is -2.25. The summed E-state index contributed by atoms with van der Waals surface area (Å²) in [5, 5.41) is 11.8. The third-order valence-electron chi connectivity index (χ3n) is 3.34. The average Bonchev–Trinajstić information content (AvgIpc) is 2.51. The summed E-state index contributed by atoms with van der Waals surface area (Å²) in [7, 11) is 0. The third kappa shape index (κ3) is 7.03. The van der Waals surface area contributed by atoms with Gasteiger partial charge in [-0.15, -0.1) is 0 Å². The fraction of sp³-hybridized carbons (Fsp3) is 0.444. The number of carbonyl (C=O) groups excluding carboxylic acids is 1. The van der Waals surface area contributed by atoms with Gasteiger partial charge in [0.1, 0.15) is 17.5 Å². The molecule has 0 aliphatic rings. The van der Waals surface area contributed by atoms with Crippen molar-refractivity contribution < 1.29 is 9.18 Å². The highest BCUT2D eigenvalue weighted by molar-refractivity contribution is 6.01. The molecule has 0 aliphatic heterocycles. The van der Waals surface area contributed by atoms with Gasteiger partial charge in [0.15, 0.2) is 0 Å². The number of hydrogen-bond donors (Lipinski definition) is 1. The van der Waals surface area contributed by atoms with Crippen molar-refractivity contribution in [2.24, 2.45) is 0 Å². The minimum atomic E-state index is -0.402. The maximum Gasteiger partial charge on any atom is 0.261 e. The van der Waals surface area contributed by atoms with Crippen molar-refractivity contribution in [2.45, 2.75) is 45.4 Å². The van der Waals surface area contributed by atoms with Gasteiger partial charge in [-0.1, -0.05) is 51.2 Å². The summed E-state index contributed by atoms with van der Waals surface area (Å²) < 4.78 is 13.1. The molecule has 1 N–H and O–H groups in total. The number of unbranched alkanes of at least 4 members (excludes halogenated alkanes) is 5. The van der Waals surface area contributed by atoms with E-state index in [1.807, 2.05) is 6.07 Å². The highest BCUT2D eigenvalue weighted by Crippen LogP contribution is 2.09. The van der Waals surface area contributed by atoms with Gasteiger partial charge in [-0.25, -0.2) is 4.39 Å². The van der Waals surface area contributed by atoms with E-state index < -0.39 is 11.7 Å². The second-order valence-corrected chi connectivity index (χ2v) is 5.25. The van der Waals surface area contributed by atoms with E-state index in [2.05, 4.69) is 12.2 Å². The summed E-state index contributed by atoms with van der Waals surface area (Å²) in [4.78, 5) is 11.9. The van der Waals surface area contributed by atoms with Crippen LogP contribution in [0.1, 0.15) is 51.0 Å². The van der Waals surface area contributed by atoms with Gasteiger partial charge in [0, 0.05) is 6.54 Å².